The molecule has 0 unspecified atom stereocenters. The summed E-state index contributed by atoms with van der Waals surface area (Å²) in [5.74, 6) is -2.22. The monoisotopic (exact) mass is 471 g/mol. The maximum atomic E-state index is 14.9. The first-order valence-corrected chi connectivity index (χ1v) is 9.88. The summed E-state index contributed by atoms with van der Waals surface area (Å²) in [4.78, 5) is 29.7. The van der Waals surface area contributed by atoms with Crippen LogP contribution in [-0.2, 0) is 11.4 Å². The van der Waals surface area contributed by atoms with Crippen LogP contribution in [0.3, 0.4) is 0 Å². The van der Waals surface area contributed by atoms with E-state index in [1.807, 2.05) is 0 Å². The minimum Gasteiger partial charge on any atom is -0.394 e. The molecule has 0 saturated heterocycles. The Morgan fingerprint density at radius 3 is 2.76 bits per heavy atom. The molecule has 0 aliphatic heterocycles. The third kappa shape index (κ3) is 5.40. The molecular formula is C19H20BrF2N3O4. The van der Waals surface area contributed by atoms with Crippen molar-refractivity contribution in [1.82, 2.24) is 10.0 Å². The molecule has 1 aliphatic rings. The van der Waals surface area contributed by atoms with Crippen LogP contribution in [0.15, 0.2) is 33.7 Å². The molecule has 1 fully saturated rings. The van der Waals surface area contributed by atoms with Crippen molar-refractivity contribution >= 4 is 33.2 Å². The number of halogens is 3. The molecule has 1 aliphatic carbocycles. The molecule has 3 N–H and O–H groups in total. The van der Waals surface area contributed by atoms with E-state index in [1.165, 1.54) is 24.4 Å². The van der Waals surface area contributed by atoms with Crippen LogP contribution in [0.1, 0.15) is 29.6 Å². The highest BCUT2D eigenvalue weighted by molar-refractivity contribution is 9.10. The number of nitrogens with one attached hydrogen (secondary N) is 2. The number of aryl methyl sites for hydroxylation is 1. The summed E-state index contributed by atoms with van der Waals surface area (Å²) < 4.78 is 30.7. The Balaban J connectivity index is 1.97. The van der Waals surface area contributed by atoms with Crippen molar-refractivity contribution < 1.29 is 23.5 Å². The quantitative estimate of drug-likeness (QED) is 0.386. The molecule has 2 aromatic rings. The van der Waals surface area contributed by atoms with Crippen molar-refractivity contribution in [2.75, 3.05) is 18.5 Å². The van der Waals surface area contributed by atoms with Crippen molar-refractivity contribution in [2.24, 2.45) is 5.92 Å². The number of hydrogen-bond acceptors (Lipinski definition) is 5. The zero-order valence-electron chi connectivity index (χ0n) is 15.4. The van der Waals surface area contributed by atoms with Crippen molar-refractivity contribution in [3.05, 3.63) is 56.4 Å². The fourth-order valence-corrected chi connectivity index (χ4v) is 3.09. The summed E-state index contributed by atoms with van der Waals surface area (Å²) in [6.45, 7) is -0.227. The Hall–Kier alpha value is -2.30. The predicted octanol–water partition coefficient (Wildman–Crippen LogP) is 3.09. The largest absolute Gasteiger partial charge is 0.394 e. The second-order valence-electron chi connectivity index (χ2n) is 6.71. The third-order valence-corrected chi connectivity index (χ3v) is 4.98. The molecule has 3 rings (SSSR count). The van der Waals surface area contributed by atoms with Gasteiger partial charge in [-0.05, 0) is 30.5 Å². The number of benzene rings is 1. The number of aliphatic hydroxyl groups is 1. The lowest BCUT2D eigenvalue weighted by Crippen LogP contribution is -2.31. The third-order valence-electron chi connectivity index (χ3n) is 4.49. The first-order valence-electron chi connectivity index (χ1n) is 9.08. The lowest BCUT2D eigenvalue weighted by molar-refractivity contribution is 0.0168. The second-order valence-corrected chi connectivity index (χ2v) is 7.63. The topological polar surface area (TPSA) is 92.6 Å². The van der Waals surface area contributed by atoms with Gasteiger partial charge in [-0.25, -0.2) is 9.87 Å². The maximum Gasteiger partial charge on any atom is 0.288 e. The van der Waals surface area contributed by atoms with Gasteiger partial charge in [0, 0.05) is 17.2 Å². The fourth-order valence-electron chi connectivity index (χ4n) is 2.76. The fraction of sp³-hybridized carbons (Fsp3) is 0.368. The number of hydrogen-bond donors (Lipinski definition) is 3. The Morgan fingerprint density at radius 1 is 1.34 bits per heavy atom. The van der Waals surface area contributed by atoms with Crippen LogP contribution in [-0.4, -0.2) is 28.8 Å². The van der Waals surface area contributed by atoms with Crippen molar-refractivity contribution in [1.29, 1.82) is 0 Å². The van der Waals surface area contributed by atoms with E-state index in [0.29, 0.717) is 16.8 Å². The summed E-state index contributed by atoms with van der Waals surface area (Å²) in [5.41, 5.74) is 0.392. The molecular weight excluding hydrogens is 452 g/mol. The number of carbonyl (C=O) groups excluding carboxylic acids is 1. The van der Waals surface area contributed by atoms with E-state index in [0.717, 1.165) is 17.4 Å². The molecule has 1 heterocycles. The van der Waals surface area contributed by atoms with Gasteiger partial charge in [-0.2, -0.15) is 4.39 Å². The van der Waals surface area contributed by atoms with Gasteiger partial charge in [0.2, 0.25) is 5.82 Å². The number of anilines is 2. The van der Waals surface area contributed by atoms with E-state index in [-0.39, 0.29) is 31.0 Å². The Morgan fingerprint density at radius 2 is 2.10 bits per heavy atom. The Kier molecular flexibility index (Phi) is 6.99. The first-order chi connectivity index (χ1) is 13.9. The lowest BCUT2D eigenvalue weighted by Gasteiger charge is -2.16. The van der Waals surface area contributed by atoms with Crippen LogP contribution < -0.4 is 16.4 Å². The summed E-state index contributed by atoms with van der Waals surface area (Å²) in [6.07, 6.45) is 4.07. The maximum absolute atomic E-state index is 14.9. The number of rotatable bonds is 9. The summed E-state index contributed by atoms with van der Waals surface area (Å²) in [5, 5.41) is 11.3. The number of amides is 1. The summed E-state index contributed by atoms with van der Waals surface area (Å²) in [7, 11) is 0. The van der Waals surface area contributed by atoms with Crippen LogP contribution in [0.25, 0.3) is 0 Å². The van der Waals surface area contributed by atoms with Gasteiger partial charge >= 0.3 is 0 Å². The number of hydroxylamine groups is 1. The van der Waals surface area contributed by atoms with E-state index >= 15 is 0 Å². The minimum atomic E-state index is -1.20. The van der Waals surface area contributed by atoms with Gasteiger partial charge in [0.1, 0.15) is 5.82 Å². The Labute approximate surface area is 173 Å². The molecule has 0 radical (unpaired) electrons. The van der Waals surface area contributed by atoms with E-state index in [2.05, 4.69) is 26.7 Å². The van der Waals surface area contributed by atoms with Gasteiger partial charge in [-0.1, -0.05) is 28.8 Å². The molecule has 0 spiro atoms. The number of nitrogens with zero attached hydrogens (tertiary/aromatic N) is 1. The minimum absolute atomic E-state index is 0.104. The van der Waals surface area contributed by atoms with Crippen molar-refractivity contribution in [3.63, 3.8) is 0 Å². The SMILES string of the molecule is O=C(NOCCO)c1cn(CCC2CC2)c(=O)c(F)c1Nc1ccc(Br)cc1F. The van der Waals surface area contributed by atoms with Crippen molar-refractivity contribution in [2.45, 2.75) is 25.8 Å². The number of carbonyl (C=O) groups is 1. The molecule has 0 atom stereocenters. The highest BCUT2D eigenvalue weighted by atomic mass is 79.9. The van der Waals surface area contributed by atoms with Crippen LogP contribution in [0.5, 0.6) is 0 Å². The normalized spacial score (nSPS) is 13.4. The highest BCUT2D eigenvalue weighted by Gasteiger charge is 2.24. The highest BCUT2D eigenvalue weighted by Crippen LogP contribution is 2.33. The Bertz CT molecular complexity index is 963. The lowest BCUT2D eigenvalue weighted by atomic mass is 10.2. The van der Waals surface area contributed by atoms with E-state index in [1.54, 1.807) is 0 Å². The standard InChI is InChI=1S/C19H20BrF2N3O4/c20-12-3-4-15(14(21)9-12)23-17-13(18(27)24-29-8-7-26)10-25(19(28)16(17)22)6-5-11-1-2-11/h3-4,9-11,23,26H,1-2,5-8H2,(H,24,27). The summed E-state index contributed by atoms with van der Waals surface area (Å²) >= 11 is 3.13. The van der Waals surface area contributed by atoms with Gasteiger partial charge in [0.25, 0.3) is 11.5 Å². The average Bonchev–Trinajstić information content (AvgIpc) is 3.51. The smallest absolute Gasteiger partial charge is 0.288 e. The molecule has 0 bridgehead atoms. The molecule has 1 saturated carbocycles. The molecule has 1 aromatic heterocycles. The van der Waals surface area contributed by atoms with Gasteiger partial charge in [-0.3, -0.25) is 14.4 Å². The zero-order chi connectivity index (χ0) is 21.0. The van der Waals surface area contributed by atoms with Gasteiger partial charge in [-0.15, -0.1) is 0 Å². The van der Waals surface area contributed by atoms with Crippen LogP contribution in [0, 0.1) is 17.6 Å². The van der Waals surface area contributed by atoms with Crippen LogP contribution in [0.2, 0.25) is 0 Å². The van der Waals surface area contributed by atoms with Gasteiger partial charge in [0.15, 0.2) is 0 Å². The number of aliphatic hydroxyl groups excluding tert-OH is 1. The van der Waals surface area contributed by atoms with E-state index in [9.17, 15) is 18.4 Å². The van der Waals surface area contributed by atoms with Crippen molar-refractivity contribution in [3.8, 4) is 0 Å². The molecule has 7 nitrogen and oxygen atoms in total. The predicted molar refractivity (Wildman–Crippen MR) is 106 cm³/mol. The molecule has 156 valence electrons. The average molecular weight is 472 g/mol. The number of pyridine rings is 1. The zero-order valence-corrected chi connectivity index (χ0v) is 17.0. The summed E-state index contributed by atoms with van der Waals surface area (Å²) in [6, 6.07) is 4.05. The number of aromatic nitrogens is 1. The van der Waals surface area contributed by atoms with E-state index in [4.69, 9.17) is 9.94 Å². The van der Waals surface area contributed by atoms with Gasteiger partial charge < -0.3 is 15.0 Å². The molecule has 1 amide bonds. The van der Waals surface area contributed by atoms with Gasteiger partial charge in [0.05, 0.1) is 30.2 Å². The van der Waals surface area contributed by atoms with E-state index < -0.39 is 28.8 Å². The second kappa shape index (κ2) is 9.47. The van der Waals surface area contributed by atoms with Crippen LogP contribution in [0.4, 0.5) is 20.2 Å². The molecule has 29 heavy (non-hydrogen) atoms. The first kappa shape index (κ1) is 21.4. The molecule has 1 aromatic carbocycles. The molecule has 10 heteroatoms. The van der Waals surface area contributed by atoms with Crippen LogP contribution >= 0.6 is 15.9 Å².